The maximum Gasteiger partial charge on any atom is 1.00 e. The number of aromatic amines is 1. The van der Waals surface area contributed by atoms with Gasteiger partial charge in [-0.2, -0.15) is 0 Å². The molecule has 0 fully saturated rings. The Kier molecular flexibility index (Phi) is 9.51. The molecule has 0 aliphatic rings. The molecule has 16 heteroatoms. The number of hydrogen-bond acceptors (Lipinski definition) is 10. The number of hydrogen-bond donors (Lipinski definition) is 2. The minimum atomic E-state index is -4.90. The summed E-state index contributed by atoms with van der Waals surface area (Å²) in [6, 6.07) is 11.4. The van der Waals surface area contributed by atoms with Crippen LogP contribution in [0.4, 0.5) is 11.4 Å². The van der Waals surface area contributed by atoms with Gasteiger partial charge in [-0.05, 0) is 25.1 Å². The standard InChI is InChI=1S/C20H16N4O8S2.2Na/c1-11-18(20(26)24(23-11)12-5-4-6-13(9-12)33(27,28)29)21-22-19-15-8-3-2-7-14(15)17(10-16(19)25)34(30,31)32;;/h2-10,23,25H,1H3,(H,27,28,29)(H,30,31,32);;/q;2*+1/p-2. The van der Waals surface area contributed by atoms with E-state index in [2.05, 4.69) is 15.3 Å². The molecule has 0 saturated heterocycles. The van der Waals surface area contributed by atoms with Gasteiger partial charge in [0.1, 0.15) is 31.7 Å². The molecule has 0 saturated carbocycles. The fourth-order valence-corrected chi connectivity index (χ4v) is 4.55. The summed E-state index contributed by atoms with van der Waals surface area (Å²) in [5, 5.41) is 21.0. The number of aromatic nitrogens is 2. The van der Waals surface area contributed by atoms with Gasteiger partial charge >= 0.3 is 59.1 Å². The van der Waals surface area contributed by atoms with Gasteiger partial charge in [0, 0.05) is 16.8 Å². The maximum absolute atomic E-state index is 12.9. The van der Waals surface area contributed by atoms with E-state index in [9.17, 15) is 35.8 Å². The van der Waals surface area contributed by atoms with Gasteiger partial charge in [0.25, 0.3) is 5.56 Å². The molecule has 0 unspecified atom stereocenters. The SMILES string of the molecule is Cc1[nH]n(-c2cccc(S(=O)(=O)[O-])c2)c(=O)c1N=Nc1c(O)cc(S(=O)(=O)[O-])c2ccccc12.[Na+].[Na+]. The second-order valence-electron chi connectivity index (χ2n) is 7.12. The van der Waals surface area contributed by atoms with Crippen molar-refractivity contribution >= 4 is 42.4 Å². The summed E-state index contributed by atoms with van der Waals surface area (Å²) in [6.07, 6.45) is 0. The third-order valence-electron chi connectivity index (χ3n) is 4.88. The van der Waals surface area contributed by atoms with E-state index in [0.29, 0.717) is 0 Å². The molecule has 2 N–H and O–H groups in total. The van der Waals surface area contributed by atoms with Crippen LogP contribution >= 0.6 is 0 Å². The Hall–Kier alpha value is -1.85. The quantitative estimate of drug-likeness (QED) is 0.146. The molecule has 0 radical (unpaired) electrons. The van der Waals surface area contributed by atoms with Gasteiger partial charge in [-0.3, -0.25) is 9.89 Å². The summed E-state index contributed by atoms with van der Waals surface area (Å²) in [4.78, 5) is 11.7. The number of rotatable bonds is 5. The van der Waals surface area contributed by atoms with Crippen LogP contribution in [-0.4, -0.2) is 40.8 Å². The van der Waals surface area contributed by atoms with E-state index in [1.807, 2.05) is 0 Å². The largest absolute Gasteiger partial charge is 1.00 e. The van der Waals surface area contributed by atoms with Crippen LogP contribution in [-0.2, 0) is 20.2 Å². The zero-order chi connectivity index (χ0) is 24.8. The summed E-state index contributed by atoms with van der Waals surface area (Å²) in [6.45, 7) is 1.49. The average Bonchev–Trinajstić information content (AvgIpc) is 3.05. The predicted molar refractivity (Wildman–Crippen MR) is 117 cm³/mol. The number of phenolic OH excluding ortho intramolecular Hbond substituents is 1. The number of nitrogens with one attached hydrogen (secondary N) is 1. The second-order valence-corrected chi connectivity index (χ2v) is 9.85. The van der Waals surface area contributed by atoms with Crippen LogP contribution < -0.4 is 64.7 Å². The second kappa shape index (κ2) is 11.3. The number of azo groups is 1. The van der Waals surface area contributed by atoms with Crippen LogP contribution in [0, 0.1) is 6.92 Å². The minimum absolute atomic E-state index is 0. The molecule has 0 amide bonds. The van der Waals surface area contributed by atoms with Crippen molar-refractivity contribution in [3.63, 3.8) is 0 Å². The first-order valence-corrected chi connectivity index (χ1v) is 12.2. The monoisotopic (exact) mass is 548 g/mol. The van der Waals surface area contributed by atoms with Crippen molar-refractivity contribution in [3.05, 3.63) is 70.6 Å². The van der Waals surface area contributed by atoms with E-state index in [0.717, 1.165) is 22.9 Å². The van der Waals surface area contributed by atoms with Gasteiger partial charge in [0.15, 0.2) is 5.69 Å². The van der Waals surface area contributed by atoms with Gasteiger partial charge in [-0.1, -0.05) is 30.3 Å². The number of fused-ring (bicyclic) bond motifs is 1. The molecule has 1 aromatic heterocycles. The molecule has 36 heavy (non-hydrogen) atoms. The third-order valence-corrected chi connectivity index (χ3v) is 6.59. The first-order valence-electron chi connectivity index (χ1n) is 9.38. The van der Waals surface area contributed by atoms with Crippen molar-refractivity contribution < 1.29 is 90.2 Å². The zero-order valence-corrected chi connectivity index (χ0v) is 24.8. The number of aryl methyl sites for hydroxylation is 1. The summed E-state index contributed by atoms with van der Waals surface area (Å²) in [5.41, 5.74) is -0.811. The number of H-pyrrole nitrogens is 1. The fraction of sp³-hybridized carbons (Fsp3) is 0.0500. The smallest absolute Gasteiger partial charge is 0.744 e. The Morgan fingerprint density at radius 3 is 2.08 bits per heavy atom. The van der Waals surface area contributed by atoms with Crippen LogP contribution in [0.5, 0.6) is 5.75 Å². The van der Waals surface area contributed by atoms with Crippen LogP contribution in [0.2, 0.25) is 0 Å². The van der Waals surface area contributed by atoms with E-state index >= 15 is 0 Å². The number of phenols is 1. The van der Waals surface area contributed by atoms with Crippen molar-refractivity contribution in [1.82, 2.24) is 9.78 Å². The van der Waals surface area contributed by atoms with Crippen molar-refractivity contribution in [3.8, 4) is 11.4 Å². The molecule has 0 spiro atoms. The molecule has 3 aromatic carbocycles. The molecular formula is C20H14N4Na2O8S2. The normalized spacial score (nSPS) is 11.9. The molecule has 1 heterocycles. The van der Waals surface area contributed by atoms with E-state index in [1.54, 1.807) is 0 Å². The van der Waals surface area contributed by atoms with E-state index in [-0.39, 0.29) is 92.6 Å². The van der Waals surface area contributed by atoms with Gasteiger partial charge in [0.05, 0.1) is 21.2 Å². The van der Waals surface area contributed by atoms with Crippen LogP contribution in [0.15, 0.2) is 79.4 Å². The summed E-state index contributed by atoms with van der Waals surface area (Å²) >= 11 is 0. The zero-order valence-electron chi connectivity index (χ0n) is 19.2. The molecule has 0 aliphatic heterocycles. The molecule has 0 aliphatic carbocycles. The number of aromatic hydroxyl groups is 1. The molecule has 12 nitrogen and oxygen atoms in total. The average molecular weight is 548 g/mol. The summed E-state index contributed by atoms with van der Waals surface area (Å²) in [5.74, 6) is -0.640. The first kappa shape index (κ1) is 30.4. The topological polar surface area (TPSA) is 197 Å². The molecule has 0 bridgehead atoms. The van der Waals surface area contributed by atoms with E-state index in [1.165, 1.54) is 43.3 Å². The van der Waals surface area contributed by atoms with Gasteiger partial charge < -0.3 is 14.2 Å². The third kappa shape index (κ3) is 5.99. The van der Waals surface area contributed by atoms with Crippen LogP contribution in [0.1, 0.15) is 5.69 Å². The van der Waals surface area contributed by atoms with Gasteiger partial charge in [-0.15, -0.1) is 10.2 Å². The fourth-order valence-electron chi connectivity index (χ4n) is 3.34. The van der Waals surface area contributed by atoms with E-state index < -0.39 is 41.3 Å². The number of benzene rings is 3. The van der Waals surface area contributed by atoms with Gasteiger partial charge in [0.2, 0.25) is 0 Å². The van der Waals surface area contributed by atoms with Crippen LogP contribution in [0.3, 0.4) is 0 Å². The predicted octanol–water partition coefficient (Wildman–Crippen LogP) is -3.44. The summed E-state index contributed by atoms with van der Waals surface area (Å²) in [7, 11) is -9.65. The maximum atomic E-state index is 12.9. The van der Waals surface area contributed by atoms with Crippen LogP contribution in [0.25, 0.3) is 16.5 Å². The molecule has 176 valence electrons. The van der Waals surface area contributed by atoms with Crippen molar-refractivity contribution in [2.24, 2.45) is 10.2 Å². The van der Waals surface area contributed by atoms with Gasteiger partial charge in [-0.25, -0.2) is 21.5 Å². The molecule has 4 aromatic rings. The summed E-state index contributed by atoms with van der Waals surface area (Å²) < 4.78 is 69.6. The minimum Gasteiger partial charge on any atom is -0.744 e. The van der Waals surface area contributed by atoms with Crippen molar-refractivity contribution in [2.75, 3.05) is 0 Å². The first-order chi connectivity index (χ1) is 15.9. The Morgan fingerprint density at radius 2 is 1.47 bits per heavy atom. The Morgan fingerprint density at radius 1 is 0.861 bits per heavy atom. The van der Waals surface area contributed by atoms with Crippen molar-refractivity contribution in [2.45, 2.75) is 16.7 Å². The Balaban J connectivity index is 0.00000228. The molecular weight excluding hydrogens is 534 g/mol. The molecule has 0 atom stereocenters. The number of nitrogens with zero attached hydrogens (tertiary/aromatic N) is 3. The molecule has 4 rings (SSSR count). The van der Waals surface area contributed by atoms with Crippen molar-refractivity contribution in [1.29, 1.82) is 0 Å². The Labute approximate surface area is 249 Å². The Bertz CT molecular complexity index is 1760. The van der Waals surface area contributed by atoms with E-state index in [4.69, 9.17) is 0 Å².